The molecule has 1 unspecified atom stereocenters. The number of hydrogen-bond donors (Lipinski definition) is 0. The molecule has 0 aliphatic rings. The molecule has 0 bridgehead atoms. The van der Waals surface area contributed by atoms with E-state index in [1.54, 1.807) is 6.92 Å². The van der Waals surface area contributed by atoms with Crippen molar-refractivity contribution < 1.29 is 13.2 Å². The molecule has 0 spiro atoms. The number of fused-ring (bicyclic) bond motifs is 1. The first-order valence-corrected chi connectivity index (χ1v) is 9.74. The van der Waals surface area contributed by atoms with Gasteiger partial charge in [-0.1, -0.05) is 66.4 Å². The molecule has 0 aliphatic heterocycles. The zero-order valence-corrected chi connectivity index (χ0v) is 16.4. The van der Waals surface area contributed by atoms with Gasteiger partial charge in [0.25, 0.3) is 0 Å². The van der Waals surface area contributed by atoms with Crippen LogP contribution in [0.2, 0.25) is 0 Å². The maximum absolute atomic E-state index is 13.8. The SMILES string of the molecule is CC(F)Cc1ccccc1-c1c(C#Cc2ccc(F)c(F)c2)ccc2ccccc12. The Balaban J connectivity index is 1.93. The van der Waals surface area contributed by atoms with E-state index in [4.69, 9.17) is 0 Å². The lowest BCUT2D eigenvalue weighted by Gasteiger charge is -2.15. The molecule has 0 fully saturated rings. The molecule has 4 aromatic rings. The molecule has 0 saturated heterocycles. The summed E-state index contributed by atoms with van der Waals surface area (Å²) in [5.74, 6) is 4.22. The van der Waals surface area contributed by atoms with Gasteiger partial charge in [-0.3, -0.25) is 0 Å². The predicted octanol–water partition coefficient (Wildman–Crippen LogP) is 7.09. The Bertz CT molecular complexity index is 1280. The summed E-state index contributed by atoms with van der Waals surface area (Å²) >= 11 is 0. The van der Waals surface area contributed by atoms with Gasteiger partial charge in [-0.05, 0) is 53.1 Å². The van der Waals surface area contributed by atoms with Crippen LogP contribution in [0.25, 0.3) is 21.9 Å². The number of alkyl halides is 1. The van der Waals surface area contributed by atoms with Gasteiger partial charge in [0, 0.05) is 23.1 Å². The lowest BCUT2D eigenvalue weighted by molar-refractivity contribution is 0.360. The average Bonchev–Trinajstić information content (AvgIpc) is 2.74. The molecule has 4 rings (SSSR count). The number of hydrogen-bond acceptors (Lipinski definition) is 0. The molecule has 0 heterocycles. The molecule has 0 aromatic heterocycles. The highest BCUT2D eigenvalue weighted by Crippen LogP contribution is 2.34. The second kappa shape index (κ2) is 8.47. The van der Waals surface area contributed by atoms with Gasteiger partial charge in [-0.2, -0.15) is 0 Å². The molecule has 3 heteroatoms. The zero-order valence-electron chi connectivity index (χ0n) is 16.4. The first-order valence-electron chi connectivity index (χ1n) is 9.74. The van der Waals surface area contributed by atoms with Gasteiger partial charge in [-0.25, -0.2) is 13.2 Å². The Morgan fingerprint density at radius 2 is 1.57 bits per heavy atom. The van der Waals surface area contributed by atoms with Crippen molar-refractivity contribution >= 4 is 10.8 Å². The van der Waals surface area contributed by atoms with E-state index in [1.807, 2.05) is 60.7 Å². The molecule has 4 aromatic carbocycles. The van der Waals surface area contributed by atoms with Gasteiger partial charge in [0.15, 0.2) is 11.6 Å². The predicted molar refractivity (Wildman–Crippen MR) is 116 cm³/mol. The Morgan fingerprint density at radius 1 is 0.800 bits per heavy atom. The van der Waals surface area contributed by atoms with Crippen LogP contribution in [0.15, 0.2) is 78.9 Å². The lowest BCUT2D eigenvalue weighted by Crippen LogP contribution is -2.01. The first-order chi connectivity index (χ1) is 14.5. The molecule has 0 nitrogen and oxygen atoms in total. The smallest absolute Gasteiger partial charge is 0.160 e. The monoisotopic (exact) mass is 400 g/mol. The maximum atomic E-state index is 13.8. The molecule has 0 amide bonds. The minimum atomic E-state index is -0.974. The highest BCUT2D eigenvalue weighted by Gasteiger charge is 2.14. The number of halogens is 3. The van der Waals surface area contributed by atoms with E-state index >= 15 is 0 Å². The van der Waals surface area contributed by atoms with E-state index in [0.717, 1.165) is 45.2 Å². The summed E-state index contributed by atoms with van der Waals surface area (Å²) in [6.45, 7) is 1.55. The van der Waals surface area contributed by atoms with Crippen LogP contribution in [0.5, 0.6) is 0 Å². The van der Waals surface area contributed by atoms with E-state index in [1.165, 1.54) is 6.07 Å². The fraction of sp³-hybridized carbons (Fsp3) is 0.111. The van der Waals surface area contributed by atoms with Crippen molar-refractivity contribution in [2.45, 2.75) is 19.5 Å². The van der Waals surface area contributed by atoms with Gasteiger partial charge in [0.2, 0.25) is 0 Å². The summed E-state index contributed by atoms with van der Waals surface area (Å²) < 4.78 is 40.6. The van der Waals surface area contributed by atoms with Crippen LogP contribution < -0.4 is 0 Å². The van der Waals surface area contributed by atoms with Crippen molar-refractivity contribution in [3.63, 3.8) is 0 Å². The summed E-state index contributed by atoms with van der Waals surface area (Å²) in [7, 11) is 0. The highest BCUT2D eigenvalue weighted by atomic mass is 19.2. The van der Waals surface area contributed by atoms with E-state index in [0.29, 0.717) is 12.0 Å². The lowest BCUT2D eigenvalue weighted by atomic mass is 9.89. The largest absolute Gasteiger partial charge is 0.247 e. The minimum Gasteiger partial charge on any atom is -0.247 e. The third-order valence-corrected chi connectivity index (χ3v) is 4.98. The summed E-state index contributed by atoms with van der Waals surface area (Å²) in [6.07, 6.45) is -0.673. The van der Waals surface area contributed by atoms with Crippen LogP contribution in [0, 0.1) is 23.5 Å². The third-order valence-electron chi connectivity index (χ3n) is 4.98. The zero-order chi connectivity index (χ0) is 21.1. The molecule has 30 heavy (non-hydrogen) atoms. The van der Waals surface area contributed by atoms with Crippen LogP contribution in [-0.4, -0.2) is 6.17 Å². The van der Waals surface area contributed by atoms with Crippen LogP contribution in [0.3, 0.4) is 0 Å². The Morgan fingerprint density at radius 3 is 2.37 bits per heavy atom. The molecule has 0 radical (unpaired) electrons. The van der Waals surface area contributed by atoms with Gasteiger partial charge >= 0.3 is 0 Å². The molecule has 0 aliphatic carbocycles. The second-order valence-electron chi connectivity index (χ2n) is 7.23. The summed E-state index contributed by atoms with van der Waals surface area (Å²) in [5.41, 5.74) is 3.88. The fourth-order valence-electron chi connectivity index (χ4n) is 3.62. The van der Waals surface area contributed by atoms with Crippen LogP contribution in [0.4, 0.5) is 13.2 Å². The number of benzene rings is 4. The number of rotatable bonds is 3. The molecular formula is C27H19F3. The van der Waals surface area contributed by atoms with Crippen molar-refractivity contribution in [3.05, 3.63) is 107 Å². The molecule has 148 valence electrons. The standard InChI is InChI=1S/C27H19F3/c1-18(28)16-22-7-3-5-9-24(22)27-21(14-13-20-6-2-4-8-23(20)27)12-10-19-11-15-25(29)26(30)17-19/h2-9,11,13-15,17-18H,16H2,1H3. The molecular weight excluding hydrogens is 381 g/mol. The maximum Gasteiger partial charge on any atom is 0.160 e. The fourth-order valence-corrected chi connectivity index (χ4v) is 3.62. The normalized spacial score (nSPS) is 11.7. The molecule has 0 saturated carbocycles. The molecule has 1 atom stereocenters. The van der Waals surface area contributed by atoms with Gasteiger partial charge in [0.1, 0.15) is 6.17 Å². The Hall–Kier alpha value is -3.51. The Kier molecular flexibility index (Phi) is 5.59. The van der Waals surface area contributed by atoms with E-state index in [-0.39, 0.29) is 0 Å². The topological polar surface area (TPSA) is 0 Å². The van der Waals surface area contributed by atoms with Crippen molar-refractivity contribution in [1.82, 2.24) is 0 Å². The Labute approximate surface area is 174 Å². The summed E-state index contributed by atoms with van der Waals surface area (Å²) in [4.78, 5) is 0. The summed E-state index contributed by atoms with van der Waals surface area (Å²) in [6, 6.07) is 23.2. The van der Waals surface area contributed by atoms with E-state index in [9.17, 15) is 13.2 Å². The minimum absolute atomic E-state index is 0.301. The van der Waals surface area contributed by atoms with Crippen molar-refractivity contribution in [2.75, 3.05) is 0 Å². The first kappa shape index (κ1) is 19.8. The van der Waals surface area contributed by atoms with Crippen molar-refractivity contribution in [1.29, 1.82) is 0 Å². The van der Waals surface area contributed by atoms with Crippen LogP contribution in [-0.2, 0) is 6.42 Å². The second-order valence-corrected chi connectivity index (χ2v) is 7.23. The molecule has 0 N–H and O–H groups in total. The van der Waals surface area contributed by atoms with E-state index in [2.05, 4.69) is 11.8 Å². The highest BCUT2D eigenvalue weighted by molar-refractivity contribution is 6.00. The average molecular weight is 400 g/mol. The van der Waals surface area contributed by atoms with Crippen molar-refractivity contribution in [2.24, 2.45) is 0 Å². The van der Waals surface area contributed by atoms with Crippen LogP contribution in [0.1, 0.15) is 23.6 Å². The van der Waals surface area contributed by atoms with Crippen LogP contribution >= 0.6 is 0 Å². The van der Waals surface area contributed by atoms with Crippen molar-refractivity contribution in [3.8, 4) is 23.0 Å². The van der Waals surface area contributed by atoms with E-state index < -0.39 is 17.8 Å². The summed E-state index contributed by atoms with van der Waals surface area (Å²) in [5, 5.41) is 2.06. The quantitative estimate of drug-likeness (QED) is 0.322. The van der Waals surface area contributed by atoms with Gasteiger partial charge < -0.3 is 0 Å². The van der Waals surface area contributed by atoms with Gasteiger partial charge in [-0.15, -0.1) is 0 Å². The third kappa shape index (κ3) is 4.09. The van der Waals surface area contributed by atoms with Gasteiger partial charge in [0.05, 0.1) is 0 Å².